The monoisotopic (exact) mass is 308 g/mol. The third kappa shape index (κ3) is 4.95. The highest BCUT2D eigenvalue weighted by Gasteiger charge is 2.20. The Labute approximate surface area is 130 Å². The van der Waals surface area contributed by atoms with Crippen LogP contribution >= 0.6 is 11.3 Å². The predicted molar refractivity (Wildman–Crippen MR) is 87.6 cm³/mol. The Morgan fingerprint density at radius 2 is 2.10 bits per heavy atom. The number of carboxylic acids is 1. The Balaban J connectivity index is 1.82. The molecule has 0 aromatic carbocycles. The molecular weight excluding hydrogens is 284 g/mol. The summed E-state index contributed by atoms with van der Waals surface area (Å²) in [6.07, 6.45) is 4.07. The molecule has 21 heavy (non-hydrogen) atoms. The third-order valence-electron chi connectivity index (χ3n) is 4.07. The summed E-state index contributed by atoms with van der Waals surface area (Å²) in [5, 5.41) is 8.64. The first kappa shape index (κ1) is 16.2. The van der Waals surface area contributed by atoms with Gasteiger partial charge in [0.1, 0.15) is 0 Å². The van der Waals surface area contributed by atoms with Crippen molar-refractivity contribution in [2.24, 2.45) is 0 Å². The van der Waals surface area contributed by atoms with Gasteiger partial charge < -0.3 is 5.11 Å². The molecule has 0 aliphatic carbocycles. The standard InChI is InChI=1S/C16H24N2O2S/c1-3-13(2)18-10-8-17(9-11-18)12-15-5-4-14(21-15)6-7-16(19)20/h4-7,13H,3,8-12H2,1-2H3,(H,19,20). The molecule has 0 amide bonds. The lowest BCUT2D eigenvalue weighted by atomic mass is 10.2. The number of thiophene rings is 1. The minimum absolute atomic E-state index is 0.682. The highest BCUT2D eigenvalue weighted by molar-refractivity contribution is 7.12. The minimum Gasteiger partial charge on any atom is -0.478 e. The summed E-state index contributed by atoms with van der Waals surface area (Å²) in [6.45, 7) is 10.0. The molecule has 1 aromatic heterocycles. The van der Waals surface area contributed by atoms with Crippen molar-refractivity contribution >= 4 is 23.4 Å². The third-order valence-corrected chi connectivity index (χ3v) is 5.11. The van der Waals surface area contributed by atoms with E-state index in [0.717, 1.165) is 37.6 Å². The molecule has 1 aliphatic rings. The zero-order valence-corrected chi connectivity index (χ0v) is 13.6. The molecule has 116 valence electrons. The van der Waals surface area contributed by atoms with Crippen LogP contribution in [0.4, 0.5) is 0 Å². The zero-order valence-electron chi connectivity index (χ0n) is 12.8. The van der Waals surface area contributed by atoms with Gasteiger partial charge in [0.2, 0.25) is 0 Å². The van der Waals surface area contributed by atoms with E-state index in [1.54, 1.807) is 17.4 Å². The maximum Gasteiger partial charge on any atom is 0.328 e. The van der Waals surface area contributed by atoms with Crippen molar-refractivity contribution < 1.29 is 9.90 Å². The Hall–Kier alpha value is -1.17. The Morgan fingerprint density at radius 3 is 2.71 bits per heavy atom. The van der Waals surface area contributed by atoms with Crippen LogP contribution in [-0.4, -0.2) is 53.1 Å². The maximum atomic E-state index is 10.5. The van der Waals surface area contributed by atoms with Crippen molar-refractivity contribution in [3.05, 3.63) is 28.0 Å². The van der Waals surface area contributed by atoms with Gasteiger partial charge in [-0.2, -0.15) is 0 Å². The average Bonchev–Trinajstić information content (AvgIpc) is 2.92. The Kier molecular flexibility index (Phi) is 5.96. The van der Waals surface area contributed by atoms with Gasteiger partial charge in [0, 0.05) is 54.6 Å². The van der Waals surface area contributed by atoms with Crippen molar-refractivity contribution in [3.63, 3.8) is 0 Å². The molecule has 0 spiro atoms. The van der Waals surface area contributed by atoms with Gasteiger partial charge in [-0.1, -0.05) is 6.92 Å². The van der Waals surface area contributed by atoms with Crippen LogP contribution in [0.2, 0.25) is 0 Å². The van der Waals surface area contributed by atoms with E-state index in [-0.39, 0.29) is 0 Å². The van der Waals surface area contributed by atoms with Crippen LogP contribution in [0.15, 0.2) is 18.2 Å². The average molecular weight is 308 g/mol. The highest BCUT2D eigenvalue weighted by Crippen LogP contribution is 2.20. The first-order chi connectivity index (χ1) is 10.1. The number of carboxylic acid groups (broad SMARTS) is 1. The molecule has 4 nitrogen and oxygen atoms in total. The molecule has 1 fully saturated rings. The van der Waals surface area contributed by atoms with E-state index in [0.29, 0.717) is 6.04 Å². The number of nitrogens with zero attached hydrogens (tertiary/aromatic N) is 2. The molecule has 5 heteroatoms. The molecule has 1 saturated heterocycles. The van der Waals surface area contributed by atoms with E-state index >= 15 is 0 Å². The van der Waals surface area contributed by atoms with E-state index in [1.807, 2.05) is 6.07 Å². The van der Waals surface area contributed by atoms with Crippen LogP contribution in [0.1, 0.15) is 30.0 Å². The maximum absolute atomic E-state index is 10.5. The molecule has 1 aromatic rings. The van der Waals surface area contributed by atoms with Crippen molar-refractivity contribution in [2.75, 3.05) is 26.2 Å². The topological polar surface area (TPSA) is 43.8 Å². The number of carbonyl (C=O) groups is 1. The lowest BCUT2D eigenvalue weighted by Gasteiger charge is -2.37. The fraction of sp³-hybridized carbons (Fsp3) is 0.562. The fourth-order valence-electron chi connectivity index (χ4n) is 2.56. The second-order valence-electron chi connectivity index (χ2n) is 5.55. The predicted octanol–water partition coefficient (Wildman–Crippen LogP) is 2.76. The van der Waals surface area contributed by atoms with Gasteiger partial charge in [0.05, 0.1) is 0 Å². The first-order valence-electron chi connectivity index (χ1n) is 7.54. The van der Waals surface area contributed by atoms with E-state index in [1.165, 1.54) is 17.4 Å². The second kappa shape index (κ2) is 7.73. The molecule has 1 aliphatic heterocycles. The summed E-state index contributed by atoms with van der Waals surface area (Å²) >= 11 is 1.67. The van der Waals surface area contributed by atoms with Crippen molar-refractivity contribution in [1.29, 1.82) is 0 Å². The molecule has 0 saturated carbocycles. The van der Waals surface area contributed by atoms with E-state index in [2.05, 4.69) is 29.7 Å². The summed E-state index contributed by atoms with van der Waals surface area (Å²) in [7, 11) is 0. The minimum atomic E-state index is -0.897. The summed E-state index contributed by atoms with van der Waals surface area (Å²) in [5.41, 5.74) is 0. The van der Waals surface area contributed by atoms with Crippen LogP contribution in [0.5, 0.6) is 0 Å². The van der Waals surface area contributed by atoms with Gasteiger partial charge >= 0.3 is 5.97 Å². The van der Waals surface area contributed by atoms with E-state index < -0.39 is 5.97 Å². The molecule has 0 bridgehead atoms. The van der Waals surface area contributed by atoms with Gasteiger partial charge in [0.25, 0.3) is 0 Å². The van der Waals surface area contributed by atoms with Gasteiger partial charge in [-0.25, -0.2) is 4.79 Å². The summed E-state index contributed by atoms with van der Waals surface area (Å²) in [5.74, 6) is -0.897. The number of hydrogen-bond acceptors (Lipinski definition) is 4. The first-order valence-corrected chi connectivity index (χ1v) is 8.36. The molecular formula is C16H24N2O2S. The molecule has 1 N–H and O–H groups in total. The number of rotatable bonds is 6. The molecule has 2 rings (SSSR count). The summed E-state index contributed by atoms with van der Waals surface area (Å²) in [4.78, 5) is 17.9. The molecule has 2 heterocycles. The second-order valence-corrected chi connectivity index (χ2v) is 6.74. The van der Waals surface area contributed by atoms with Gasteiger partial charge in [-0.3, -0.25) is 9.80 Å². The van der Waals surface area contributed by atoms with Crippen LogP contribution < -0.4 is 0 Å². The lowest BCUT2D eigenvalue weighted by Crippen LogP contribution is -2.48. The van der Waals surface area contributed by atoms with Crippen LogP contribution in [0.3, 0.4) is 0 Å². The Bertz CT molecular complexity index is 490. The number of aliphatic carboxylic acids is 1. The van der Waals surface area contributed by atoms with Crippen molar-refractivity contribution in [1.82, 2.24) is 9.80 Å². The smallest absolute Gasteiger partial charge is 0.328 e. The van der Waals surface area contributed by atoms with Crippen molar-refractivity contribution in [3.8, 4) is 0 Å². The van der Waals surface area contributed by atoms with Gasteiger partial charge in [0.15, 0.2) is 0 Å². The van der Waals surface area contributed by atoms with Gasteiger partial charge in [-0.05, 0) is 31.6 Å². The van der Waals surface area contributed by atoms with Crippen molar-refractivity contribution in [2.45, 2.75) is 32.9 Å². The quantitative estimate of drug-likeness (QED) is 0.821. The Morgan fingerprint density at radius 1 is 1.38 bits per heavy atom. The number of hydrogen-bond donors (Lipinski definition) is 1. The molecule has 1 atom stereocenters. The zero-order chi connectivity index (χ0) is 15.2. The number of piperazine rings is 1. The van der Waals surface area contributed by atoms with Crippen LogP contribution in [0.25, 0.3) is 6.08 Å². The summed E-state index contributed by atoms with van der Waals surface area (Å²) < 4.78 is 0. The van der Waals surface area contributed by atoms with E-state index in [9.17, 15) is 4.79 Å². The lowest BCUT2D eigenvalue weighted by molar-refractivity contribution is -0.131. The normalized spacial score (nSPS) is 19.1. The van der Waals surface area contributed by atoms with Crippen LogP contribution in [-0.2, 0) is 11.3 Å². The molecule has 1 unspecified atom stereocenters. The highest BCUT2D eigenvalue weighted by atomic mass is 32.1. The largest absolute Gasteiger partial charge is 0.478 e. The molecule has 0 radical (unpaired) electrons. The van der Waals surface area contributed by atoms with Gasteiger partial charge in [-0.15, -0.1) is 11.3 Å². The summed E-state index contributed by atoms with van der Waals surface area (Å²) in [6, 6.07) is 4.78. The van der Waals surface area contributed by atoms with Crippen LogP contribution in [0, 0.1) is 0 Å². The fourth-order valence-corrected chi connectivity index (χ4v) is 3.52. The van der Waals surface area contributed by atoms with E-state index in [4.69, 9.17) is 5.11 Å². The SMILES string of the molecule is CCC(C)N1CCN(Cc2ccc(C=CC(=O)O)s2)CC1.